The van der Waals surface area contributed by atoms with Crippen molar-refractivity contribution in [2.45, 2.75) is 12.5 Å². The maximum atomic E-state index is 5.88. The van der Waals surface area contributed by atoms with Crippen molar-refractivity contribution in [3.63, 3.8) is 0 Å². The first-order chi connectivity index (χ1) is 9.26. The van der Waals surface area contributed by atoms with Gasteiger partial charge < -0.3 is 10.5 Å². The minimum atomic E-state index is -0.106. The zero-order chi connectivity index (χ0) is 13.7. The Morgan fingerprint density at radius 3 is 2.74 bits per heavy atom. The summed E-state index contributed by atoms with van der Waals surface area (Å²) in [4.78, 5) is 4.08. The number of ether oxygens (including phenoxy) is 1. The van der Waals surface area contributed by atoms with Crippen LogP contribution in [0.5, 0.6) is 5.75 Å². The number of anilines is 1. The minimum absolute atomic E-state index is 0.106. The van der Waals surface area contributed by atoms with Crippen LogP contribution in [0.15, 0.2) is 42.6 Å². The van der Waals surface area contributed by atoms with E-state index in [1.54, 1.807) is 13.3 Å². The highest BCUT2D eigenvalue weighted by Crippen LogP contribution is 2.26. The maximum Gasteiger partial charge on any atom is 0.128 e. The van der Waals surface area contributed by atoms with Gasteiger partial charge in [0.1, 0.15) is 11.6 Å². The molecule has 0 saturated heterocycles. The van der Waals surface area contributed by atoms with Crippen LogP contribution in [0.2, 0.25) is 0 Å². The average Bonchev–Trinajstić information content (AvgIpc) is 2.46. The van der Waals surface area contributed by atoms with Crippen molar-refractivity contribution in [2.75, 3.05) is 12.8 Å². The summed E-state index contributed by atoms with van der Waals surface area (Å²) in [5.74, 6) is 6.96. The fourth-order valence-corrected chi connectivity index (χ4v) is 2.07. The molecular formula is C14H18N4O. The van der Waals surface area contributed by atoms with Gasteiger partial charge >= 0.3 is 0 Å². The largest absolute Gasteiger partial charge is 0.496 e. The summed E-state index contributed by atoms with van der Waals surface area (Å²) >= 11 is 0. The standard InChI is InChI=1S/C14H18N4O/c1-19-13-7-3-2-5-10(13)9-12(18-16)11-6-4-8-17-14(11)15/h2-8,12,18H,9,16H2,1H3,(H2,15,17). The molecule has 2 rings (SSSR count). The van der Waals surface area contributed by atoms with Gasteiger partial charge in [-0.3, -0.25) is 11.3 Å². The van der Waals surface area contributed by atoms with Crippen molar-refractivity contribution >= 4 is 5.82 Å². The Morgan fingerprint density at radius 2 is 2.05 bits per heavy atom. The second-order valence-electron chi connectivity index (χ2n) is 4.21. The molecule has 0 aliphatic heterocycles. The van der Waals surface area contributed by atoms with Crippen LogP contribution in [0.25, 0.3) is 0 Å². The molecule has 100 valence electrons. The number of para-hydroxylation sites is 1. The molecule has 0 aliphatic rings. The first-order valence-corrected chi connectivity index (χ1v) is 6.04. The highest BCUT2D eigenvalue weighted by atomic mass is 16.5. The molecule has 5 N–H and O–H groups in total. The summed E-state index contributed by atoms with van der Waals surface area (Å²) < 4.78 is 5.34. The van der Waals surface area contributed by atoms with E-state index in [4.69, 9.17) is 16.3 Å². The van der Waals surface area contributed by atoms with E-state index < -0.39 is 0 Å². The first-order valence-electron chi connectivity index (χ1n) is 6.04. The predicted molar refractivity (Wildman–Crippen MR) is 75.4 cm³/mol. The number of methoxy groups -OCH3 is 1. The highest BCUT2D eigenvalue weighted by Gasteiger charge is 2.15. The predicted octanol–water partition coefficient (Wildman–Crippen LogP) is 1.42. The van der Waals surface area contributed by atoms with Crippen molar-refractivity contribution in [1.82, 2.24) is 10.4 Å². The van der Waals surface area contributed by atoms with Gasteiger partial charge in [0, 0.05) is 11.8 Å². The topological polar surface area (TPSA) is 86.2 Å². The molecule has 0 aliphatic carbocycles. The van der Waals surface area contributed by atoms with Crippen molar-refractivity contribution in [2.24, 2.45) is 5.84 Å². The molecule has 1 aromatic carbocycles. The van der Waals surface area contributed by atoms with Gasteiger partial charge in [0.05, 0.1) is 13.2 Å². The third-order valence-electron chi connectivity index (χ3n) is 3.06. The Labute approximate surface area is 112 Å². The van der Waals surface area contributed by atoms with Gasteiger partial charge in [0.25, 0.3) is 0 Å². The number of hydrazine groups is 1. The van der Waals surface area contributed by atoms with Crippen LogP contribution in [0.3, 0.4) is 0 Å². The van der Waals surface area contributed by atoms with E-state index in [1.807, 2.05) is 36.4 Å². The Kier molecular flexibility index (Phi) is 4.33. The highest BCUT2D eigenvalue weighted by molar-refractivity contribution is 5.43. The second-order valence-corrected chi connectivity index (χ2v) is 4.21. The number of aromatic nitrogens is 1. The SMILES string of the molecule is COc1ccccc1CC(NN)c1cccnc1N. The molecular weight excluding hydrogens is 240 g/mol. The molecule has 0 spiro atoms. The summed E-state index contributed by atoms with van der Waals surface area (Å²) in [6.07, 6.45) is 2.34. The monoisotopic (exact) mass is 258 g/mol. The number of hydrogen-bond acceptors (Lipinski definition) is 5. The quantitative estimate of drug-likeness (QED) is 0.558. The van der Waals surface area contributed by atoms with Gasteiger partial charge in [0.2, 0.25) is 0 Å². The van der Waals surface area contributed by atoms with Crippen LogP contribution in [0.4, 0.5) is 5.82 Å². The number of nitrogens with zero attached hydrogens (tertiary/aromatic N) is 1. The van der Waals surface area contributed by atoms with Crippen molar-refractivity contribution in [1.29, 1.82) is 0 Å². The molecule has 19 heavy (non-hydrogen) atoms. The van der Waals surface area contributed by atoms with Gasteiger partial charge in [-0.05, 0) is 24.1 Å². The van der Waals surface area contributed by atoms with Crippen molar-refractivity contribution in [3.05, 3.63) is 53.7 Å². The number of pyridine rings is 1. The lowest BCUT2D eigenvalue weighted by Gasteiger charge is -2.19. The lowest BCUT2D eigenvalue weighted by Crippen LogP contribution is -2.30. The molecule has 5 heteroatoms. The van der Waals surface area contributed by atoms with Crippen LogP contribution in [0.1, 0.15) is 17.2 Å². The zero-order valence-electron chi connectivity index (χ0n) is 10.8. The molecule has 1 aromatic heterocycles. The normalized spacial score (nSPS) is 12.1. The molecule has 1 heterocycles. The Hall–Kier alpha value is -2.11. The number of rotatable bonds is 5. The van der Waals surface area contributed by atoms with Crippen LogP contribution in [-0.2, 0) is 6.42 Å². The summed E-state index contributed by atoms with van der Waals surface area (Å²) in [5, 5.41) is 0. The Balaban J connectivity index is 2.27. The van der Waals surface area contributed by atoms with Crippen LogP contribution in [-0.4, -0.2) is 12.1 Å². The fourth-order valence-electron chi connectivity index (χ4n) is 2.07. The van der Waals surface area contributed by atoms with E-state index in [0.29, 0.717) is 12.2 Å². The number of nitrogen functional groups attached to an aromatic ring is 1. The van der Waals surface area contributed by atoms with E-state index >= 15 is 0 Å². The molecule has 1 unspecified atom stereocenters. The molecule has 5 nitrogen and oxygen atoms in total. The van der Waals surface area contributed by atoms with Gasteiger partial charge in [-0.15, -0.1) is 0 Å². The molecule has 2 aromatic rings. The first kappa shape index (κ1) is 13.3. The molecule has 0 amide bonds. The minimum Gasteiger partial charge on any atom is -0.496 e. The second kappa shape index (κ2) is 6.17. The van der Waals surface area contributed by atoms with Crippen LogP contribution >= 0.6 is 0 Å². The van der Waals surface area contributed by atoms with Crippen LogP contribution in [0, 0.1) is 0 Å². The summed E-state index contributed by atoms with van der Waals surface area (Å²) in [6.45, 7) is 0. The third-order valence-corrected chi connectivity index (χ3v) is 3.06. The Morgan fingerprint density at radius 1 is 1.26 bits per heavy atom. The van der Waals surface area contributed by atoms with Crippen LogP contribution < -0.4 is 21.7 Å². The number of benzene rings is 1. The average molecular weight is 258 g/mol. The summed E-state index contributed by atoms with van der Waals surface area (Å²) in [7, 11) is 1.65. The van der Waals surface area contributed by atoms with E-state index in [2.05, 4.69) is 10.4 Å². The fraction of sp³-hybridized carbons (Fsp3) is 0.214. The van der Waals surface area contributed by atoms with Crippen molar-refractivity contribution < 1.29 is 4.74 Å². The number of nitrogens with two attached hydrogens (primary N) is 2. The smallest absolute Gasteiger partial charge is 0.128 e. The lowest BCUT2D eigenvalue weighted by atomic mass is 9.99. The van der Waals surface area contributed by atoms with Gasteiger partial charge in [-0.2, -0.15) is 0 Å². The summed E-state index contributed by atoms with van der Waals surface area (Å²) in [5.41, 5.74) is 10.6. The summed E-state index contributed by atoms with van der Waals surface area (Å²) in [6, 6.07) is 11.5. The van der Waals surface area contributed by atoms with Gasteiger partial charge in [-0.25, -0.2) is 4.98 Å². The van der Waals surface area contributed by atoms with Gasteiger partial charge in [-0.1, -0.05) is 24.3 Å². The van der Waals surface area contributed by atoms with Gasteiger partial charge in [0.15, 0.2) is 0 Å². The number of hydrogen-bond donors (Lipinski definition) is 3. The maximum absolute atomic E-state index is 5.88. The van der Waals surface area contributed by atoms with E-state index in [-0.39, 0.29) is 6.04 Å². The number of nitrogens with one attached hydrogen (secondary N) is 1. The lowest BCUT2D eigenvalue weighted by molar-refractivity contribution is 0.405. The van der Waals surface area contributed by atoms with E-state index in [9.17, 15) is 0 Å². The molecule has 0 saturated carbocycles. The molecule has 0 bridgehead atoms. The van der Waals surface area contributed by atoms with E-state index in [0.717, 1.165) is 16.9 Å². The third kappa shape index (κ3) is 3.01. The Bertz CT molecular complexity index is 544. The molecule has 0 fully saturated rings. The van der Waals surface area contributed by atoms with Crippen molar-refractivity contribution in [3.8, 4) is 5.75 Å². The zero-order valence-corrected chi connectivity index (χ0v) is 10.8. The molecule has 0 radical (unpaired) electrons. The molecule has 1 atom stereocenters. The van der Waals surface area contributed by atoms with E-state index in [1.165, 1.54) is 0 Å².